The number of halogens is 1. The molecule has 0 aliphatic carbocycles. The molecule has 0 atom stereocenters. The van der Waals surface area contributed by atoms with E-state index in [0.717, 1.165) is 44.3 Å². The normalized spacial score (nSPS) is 13.8. The van der Waals surface area contributed by atoms with Gasteiger partial charge in [0, 0.05) is 32.9 Å². The third kappa shape index (κ3) is 9.26. The number of carbonyl (C=O) groups is 3. The van der Waals surface area contributed by atoms with Gasteiger partial charge in [-0.15, -0.1) is 0 Å². The largest absolute Gasteiger partial charge is 0.483 e. The van der Waals surface area contributed by atoms with E-state index in [2.05, 4.69) is 15.2 Å². The predicted octanol–water partition coefficient (Wildman–Crippen LogP) is 2.54. The molecule has 1 aromatic carbocycles. The van der Waals surface area contributed by atoms with Crippen LogP contribution < -0.4 is 10.9 Å². The van der Waals surface area contributed by atoms with Crippen LogP contribution in [0, 0.1) is 5.92 Å². The van der Waals surface area contributed by atoms with Crippen LogP contribution in [0.25, 0.3) is 0 Å². The molecular weight excluding hydrogens is 467 g/mol. The molecule has 0 radical (unpaired) electrons. The van der Waals surface area contributed by atoms with Gasteiger partial charge in [-0.1, -0.05) is 30.3 Å². The average Bonchev–Trinajstić information content (AvgIpc) is 2.88. The van der Waals surface area contributed by atoms with Crippen LogP contribution in [-0.2, 0) is 11.3 Å². The highest BCUT2D eigenvalue weighted by Crippen LogP contribution is 2.21. The topological polar surface area (TPSA) is 123 Å². The maximum absolute atomic E-state index is 12.8. The van der Waals surface area contributed by atoms with Crippen molar-refractivity contribution in [2.75, 3.05) is 39.9 Å². The lowest BCUT2D eigenvalue weighted by atomic mass is 9.92. The standard InChI is InChI=1S/C25H33FN4O3.CH2O2/c1-29(18-20-6-3-2-4-7-20)25(33)22-16-21(17-28-24(22)32)23(31)27-12-5-8-19-9-13-30(14-10-19)15-11-26;2-1-3/h2-4,6-7,16-17,19H,5,8-15,18H2,1H3,(H,27,31)(H,28,32);1H,(H,2,3). The van der Waals surface area contributed by atoms with Crippen LogP contribution in [0.1, 0.15) is 52.0 Å². The Morgan fingerprint density at radius 3 is 2.56 bits per heavy atom. The van der Waals surface area contributed by atoms with E-state index in [4.69, 9.17) is 9.90 Å². The smallest absolute Gasteiger partial charge is 0.290 e. The number of likely N-dealkylation sites (tertiary alicyclic amines) is 1. The summed E-state index contributed by atoms with van der Waals surface area (Å²) < 4.78 is 12.4. The molecule has 10 heteroatoms. The lowest BCUT2D eigenvalue weighted by Gasteiger charge is -2.31. The maximum atomic E-state index is 12.8. The number of rotatable bonds is 10. The van der Waals surface area contributed by atoms with Crippen LogP contribution in [0.5, 0.6) is 0 Å². The zero-order valence-electron chi connectivity index (χ0n) is 20.6. The number of hydrogen-bond donors (Lipinski definition) is 3. The van der Waals surface area contributed by atoms with E-state index in [9.17, 15) is 18.8 Å². The van der Waals surface area contributed by atoms with Crippen LogP contribution in [0.2, 0.25) is 0 Å². The quantitative estimate of drug-likeness (QED) is 0.339. The molecule has 3 N–H and O–H groups in total. The first kappa shape index (κ1) is 28.7. The second-order valence-electron chi connectivity index (χ2n) is 8.76. The fourth-order valence-corrected chi connectivity index (χ4v) is 4.22. The van der Waals surface area contributed by atoms with E-state index >= 15 is 0 Å². The van der Waals surface area contributed by atoms with Gasteiger partial charge < -0.3 is 25.2 Å². The van der Waals surface area contributed by atoms with Crippen LogP contribution in [0.4, 0.5) is 4.39 Å². The number of pyridine rings is 1. The van der Waals surface area contributed by atoms with Gasteiger partial charge in [-0.05, 0) is 56.3 Å². The van der Waals surface area contributed by atoms with Crippen LogP contribution in [-0.4, -0.2) is 78.1 Å². The summed E-state index contributed by atoms with van der Waals surface area (Å²) in [6, 6.07) is 10.9. The summed E-state index contributed by atoms with van der Waals surface area (Å²) in [7, 11) is 1.63. The first-order valence-electron chi connectivity index (χ1n) is 12.1. The fourth-order valence-electron chi connectivity index (χ4n) is 4.22. The molecule has 1 aliphatic heterocycles. The number of piperidine rings is 1. The average molecular weight is 503 g/mol. The van der Waals surface area contributed by atoms with E-state index in [0.29, 0.717) is 25.6 Å². The number of hydrogen-bond acceptors (Lipinski definition) is 5. The Hall–Kier alpha value is -3.53. The Kier molecular flexibility index (Phi) is 12.3. The van der Waals surface area contributed by atoms with Crippen molar-refractivity contribution in [1.82, 2.24) is 20.1 Å². The van der Waals surface area contributed by atoms with E-state index in [1.54, 1.807) is 7.05 Å². The second kappa shape index (κ2) is 15.5. The number of amides is 2. The molecule has 1 aliphatic rings. The van der Waals surface area contributed by atoms with Gasteiger partial charge in [0.25, 0.3) is 23.8 Å². The molecule has 9 nitrogen and oxygen atoms in total. The minimum absolute atomic E-state index is 0.0545. The number of aromatic amines is 1. The highest BCUT2D eigenvalue weighted by Gasteiger charge is 2.20. The van der Waals surface area contributed by atoms with Gasteiger partial charge in [0.15, 0.2) is 0 Å². The van der Waals surface area contributed by atoms with Gasteiger partial charge in [-0.25, -0.2) is 4.39 Å². The number of aromatic nitrogens is 1. The van der Waals surface area contributed by atoms with E-state index in [-0.39, 0.29) is 30.2 Å². The minimum atomic E-state index is -0.518. The lowest BCUT2D eigenvalue weighted by molar-refractivity contribution is -0.122. The predicted molar refractivity (Wildman–Crippen MR) is 135 cm³/mol. The van der Waals surface area contributed by atoms with Gasteiger partial charge in [-0.2, -0.15) is 0 Å². The molecular formula is C26H35FN4O5. The molecule has 2 amide bonds. The second-order valence-corrected chi connectivity index (χ2v) is 8.76. The summed E-state index contributed by atoms with van der Waals surface area (Å²) >= 11 is 0. The molecule has 196 valence electrons. The molecule has 2 heterocycles. The summed E-state index contributed by atoms with van der Waals surface area (Å²) in [4.78, 5) is 52.1. The van der Waals surface area contributed by atoms with E-state index in [1.165, 1.54) is 17.2 Å². The van der Waals surface area contributed by atoms with Crippen molar-refractivity contribution >= 4 is 18.3 Å². The Morgan fingerprint density at radius 1 is 1.25 bits per heavy atom. The molecule has 3 rings (SSSR count). The Balaban J connectivity index is 0.00000145. The highest BCUT2D eigenvalue weighted by atomic mass is 19.1. The minimum Gasteiger partial charge on any atom is -0.483 e. The molecule has 0 bridgehead atoms. The van der Waals surface area contributed by atoms with E-state index in [1.807, 2.05) is 30.3 Å². The van der Waals surface area contributed by atoms with Crippen LogP contribution in [0.15, 0.2) is 47.4 Å². The SMILES string of the molecule is CN(Cc1ccccc1)C(=O)c1cc(C(=O)NCCCC2CCN(CCF)CC2)c[nH]c1=O.O=CO. The van der Waals surface area contributed by atoms with E-state index < -0.39 is 11.5 Å². The third-order valence-electron chi connectivity index (χ3n) is 6.19. The monoisotopic (exact) mass is 502 g/mol. The number of carboxylic acid groups (broad SMARTS) is 1. The maximum Gasteiger partial charge on any atom is 0.290 e. The van der Waals surface area contributed by atoms with Gasteiger partial charge >= 0.3 is 0 Å². The molecule has 0 unspecified atom stereocenters. The van der Waals surface area contributed by atoms with Crippen molar-refractivity contribution in [3.05, 3.63) is 69.6 Å². The molecule has 0 saturated carbocycles. The molecule has 1 aromatic heterocycles. The van der Waals surface area contributed by atoms with Crippen LogP contribution >= 0.6 is 0 Å². The Labute approximate surface area is 210 Å². The molecule has 36 heavy (non-hydrogen) atoms. The van der Waals surface area contributed by atoms with Crippen molar-refractivity contribution in [2.45, 2.75) is 32.2 Å². The zero-order valence-corrected chi connectivity index (χ0v) is 20.6. The molecule has 0 spiro atoms. The van der Waals surface area contributed by atoms with Crippen molar-refractivity contribution < 1.29 is 23.9 Å². The Morgan fingerprint density at radius 2 is 1.92 bits per heavy atom. The summed E-state index contributed by atoms with van der Waals surface area (Å²) in [5.41, 5.74) is 0.633. The van der Waals surface area contributed by atoms with Crippen molar-refractivity contribution in [1.29, 1.82) is 0 Å². The number of nitrogens with zero attached hydrogens (tertiary/aromatic N) is 2. The molecule has 1 fully saturated rings. The Bertz CT molecular complexity index is 1020. The lowest BCUT2D eigenvalue weighted by Crippen LogP contribution is -2.35. The third-order valence-corrected chi connectivity index (χ3v) is 6.19. The number of alkyl halides is 1. The summed E-state index contributed by atoms with van der Waals surface area (Å²) in [6.45, 7) is 2.75. The molecule has 2 aromatic rings. The summed E-state index contributed by atoms with van der Waals surface area (Å²) in [6.07, 6.45) is 5.34. The first-order valence-corrected chi connectivity index (χ1v) is 12.1. The van der Waals surface area contributed by atoms with Gasteiger partial charge in [0.1, 0.15) is 12.2 Å². The summed E-state index contributed by atoms with van der Waals surface area (Å²) in [5, 5.41) is 9.77. The number of benzene rings is 1. The highest BCUT2D eigenvalue weighted by molar-refractivity contribution is 5.99. The number of H-pyrrole nitrogens is 1. The fraction of sp³-hybridized carbons (Fsp3) is 0.462. The summed E-state index contributed by atoms with van der Waals surface area (Å²) in [5.74, 6) is -0.146. The van der Waals surface area contributed by atoms with Gasteiger partial charge in [-0.3, -0.25) is 19.2 Å². The van der Waals surface area contributed by atoms with Gasteiger partial charge in [0.2, 0.25) is 0 Å². The van der Waals surface area contributed by atoms with Crippen molar-refractivity contribution in [2.24, 2.45) is 5.92 Å². The molecule has 1 saturated heterocycles. The first-order chi connectivity index (χ1) is 17.4. The number of nitrogens with one attached hydrogen (secondary N) is 2. The van der Waals surface area contributed by atoms with Gasteiger partial charge in [0.05, 0.1) is 5.56 Å². The van der Waals surface area contributed by atoms with Crippen molar-refractivity contribution in [3.63, 3.8) is 0 Å². The zero-order chi connectivity index (χ0) is 26.3. The number of carbonyl (C=O) groups excluding carboxylic acids is 2. The van der Waals surface area contributed by atoms with Crippen LogP contribution in [0.3, 0.4) is 0 Å². The van der Waals surface area contributed by atoms with Crippen molar-refractivity contribution in [3.8, 4) is 0 Å².